The molecule has 0 unspecified atom stereocenters. The fourth-order valence-corrected chi connectivity index (χ4v) is 3.33. The zero-order valence-corrected chi connectivity index (χ0v) is 15.2. The number of sulfonamides is 1. The van der Waals surface area contributed by atoms with E-state index in [4.69, 9.17) is 0 Å². The third-order valence-electron chi connectivity index (χ3n) is 3.99. The lowest BCUT2D eigenvalue weighted by Crippen LogP contribution is -2.19. The second kappa shape index (κ2) is 7.21. The highest BCUT2D eigenvalue weighted by Gasteiger charge is 2.30. The molecule has 1 aromatic heterocycles. The largest absolute Gasteiger partial charge is 0.416 e. The number of nitrogens with zero attached hydrogens (tertiary/aromatic N) is 1. The Labute approximate surface area is 158 Å². The van der Waals surface area contributed by atoms with Gasteiger partial charge in [-0.15, -0.1) is 0 Å². The number of pyridine rings is 1. The van der Waals surface area contributed by atoms with Crippen molar-refractivity contribution in [2.75, 3.05) is 12.4 Å². The van der Waals surface area contributed by atoms with Gasteiger partial charge in [0.15, 0.2) is 0 Å². The zero-order valence-electron chi connectivity index (χ0n) is 14.4. The van der Waals surface area contributed by atoms with E-state index in [1.807, 2.05) is 0 Å². The molecule has 0 aliphatic rings. The summed E-state index contributed by atoms with van der Waals surface area (Å²) in [5, 5.41) is 2.90. The summed E-state index contributed by atoms with van der Waals surface area (Å²) in [4.78, 5) is 16.4. The lowest BCUT2D eigenvalue weighted by molar-refractivity contribution is -0.137. The number of benzene rings is 2. The highest BCUT2D eigenvalue weighted by atomic mass is 32.2. The summed E-state index contributed by atoms with van der Waals surface area (Å²) in [5.74, 6) is -0.611. The Kier molecular flexibility index (Phi) is 5.09. The highest BCUT2D eigenvalue weighted by Crippen LogP contribution is 2.32. The van der Waals surface area contributed by atoms with Crippen LogP contribution in [0.2, 0.25) is 0 Å². The van der Waals surface area contributed by atoms with Gasteiger partial charge < -0.3 is 5.32 Å². The van der Waals surface area contributed by atoms with Gasteiger partial charge in [0.1, 0.15) is 0 Å². The highest BCUT2D eigenvalue weighted by molar-refractivity contribution is 7.89. The average Bonchev–Trinajstić information content (AvgIpc) is 2.67. The average molecular weight is 409 g/mol. The van der Waals surface area contributed by atoms with E-state index >= 15 is 0 Å². The Bertz CT molecular complexity index is 1160. The minimum atomic E-state index is -4.51. The van der Waals surface area contributed by atoms with Crippen LogP contribution in [0.4, 0.5) is 18.9 Å². The smallest absolute Gasteiger partial charge is 0.321 e. The van der Waals surface area contributed by atoms with Crippen molar-refractivity contribution in [1.29, 1.82) is 0 Å². The van der Waals surface area contributed by atoms with E-state index in [0.29, 0.717) is 5.39 Å². The topological polar surface area (TPSA) is 88.2 Å². The van der Waals surface area contributed by atoms with Crippen molar-refractivity contribution in [3.05, 3.63) is 65.9 Å². The second-order valence-electron chi connectivity index (χ2n) is 5.78. The second-order valence-corrected chi connectivity index (χ2v) is 7.66. The Morgan fingerprint density at radius 2 is 1.82 bits per heavy atom. The van der Waals surface area contributed by atoms with Crippen LogP contribution in [0.5, 0.6) is 0 Å². The van der Waals surface area contributed by atoms with Crippen LogP contribution in [0.1, 0.15) is 15.9 Å². The predicted octanol–water partition coefficient (Wildman–Crippen LogP) is 3.41. The van der Waals surface area contributed by atoms with Crippen LogP contribution in [0.3, 0.4) is 0 Å². The lowest BCUT2D eigenvalue weighted by Gasteiger charge is -2.11. The van der Waals surface area contributed by atoms with Gasteiger partial charge >= 0.3 is 6.18 Å². The van der Waals surface area contributed by atoms with Crippen molar-refractivity contribution in [2.45, 2.75) is 11.1 Å². The van der Waals surface area contributed by atoms with Gasteiger partial charge in [-0.1, -0.05) is 12.1 Å². The van der Waals surface area contributed by atoms with Crippen LogP contribution in [0.15, 0.2) is 59.6 Å². The molecule has 0 saturated heterocycles. The fourth-order valence-electron chi connectivity index (χ4n) is 2.55. The molecule has 1 amide bonds. The molecule has 2 N–H and O–H groups in total. The Balaban J connectivity index is 1.95. The molecule has 28 heavy (non-hydrogen) atoms. The van der Waals surface area contributed by atoms with Gasteiger partial charge in [-0.2, -0.15) is 13.2 Å². The summed E-state index contributed by atoms with van der Waals surface area (Å²) < 4.78 is 64.5. The van der Waals surface area contributed by atoms with Gasteiger partial charge in [0.25, 0.3) is 5.91 Å². The molecule has 0 aliphatic carbocycles. The molecule has 0 spiro atoms. The van der Waals surface area contributed by atoms with E-state index in [1.165, 1.54) is 49.6 Å². The fraction of sp³-hybridized carbons (Fsp3) is 0.111. The summed E-state index contributed by atoms with van der Waals surface area (Å²) in [6.45, 7) is 0. The molecular formula is C18H14F3N3O3S. The Morgan fingerprint density at radius 1 is 1.07 bits per heavy atom. The molecule has 10 heteroatoms. The van der Waals surface area contributed by atoms with Crippen molar-refractivity contribution in [3.63, 3.8) is 0 Å². The molecule has 146 valence electrons. The maximum Gasteiger partial charge on any atom is 0.416 e. The molecule has 3 rings (SSSR count). The SMILES string of the molecule is CNS(=O)(=O)c1cccc(C(=O)Nc2ccnc3cc(C(F)(F)F)ccc23)c1. The molecule has 0 atom stereocenters. The van der Waals surface area contributed by atoms with Crippen molar-refractivity contribution >= 4 is 32.5 Å². The summed E-state index contributed by atoms with van der Waals surface area (Å²) in [6, 6.07) is 9.85. The van der Waals surface area contributed by atoms with Crippen LogP contribution >= 0.6 is 0 Å². The van der Waals surface area contributed by atoms with Crippen molar-refractivity contribution in [3.8, 4) is 0 Å². The van der Waals surface area contributed by atoms with E-state index in [9.17, 15) is 26.4 Å². The number of rotatable bonds is 4. The quantitative estimate of drug-likeness (QED) is 0.691. The van der Waals surface area contributed by atoms with Gasteiger partial charge in [0, 0.05) is 17.1 Å². The maximum atomic E-state index is 12.9. The first-order valence-electron chi connectivity index (χ1n) is 7.93. The van der Waals surface area contributed by atoms with Crippen LogP contribution < -0.4 is 10.0 Å². The number of carbonyl (C=O) groups excluding carboxylic acids is 1. The molecule has 0 saturated carbocycles. The molecular weight excluding hydrogens is 395 g/mol. The summed E-state index contributed by atoms with van der Waals surface area (Å²) in [5.41, 5.74) is -0.445. The van der Waals surface area contributed by atoms with Gasteiger partial charge in [0.05, 0.1) is 21.7 Å². The zero-order chi connectivity index (χ0) is 20.5. The number of hydrogen-bond donors (Lipinski definition) is 2. The number of nitrogens with one attached hydrogen (secondary N) is 2. The van der Waals surface area contributed by atoms with E-state index in [2.05, 4.69) is 15.0 Å². The lowest BCUT2D eigenvalue weighted by atomic mass is 10.1. The van der Waals surface area contributed by atoms with Crippen molar-refractivity contribution < 1.29 is 26.4 Å². The molecule has 2 aromatic carbocycles. The minimum Gasteiger partial charge on any atom is -0.321 e. The first kappa shape index (κ1) is 19.8. The number of amides is 1. The van der Waals surface area contributed by atoms with E-state index < -0.39 is 27.7 Å². The first-order valence-corrected chi connectivity index (χ1v) is 9.41. The first-order chi connectivity index (χ1) is 13.1. The maximum absolute atomic E-state index is 12.9. The number of fused-ring (bicyclic) bond motifs is 1. The van der Waals surface area contributed by atoms with E-state index in [-0.39, 0.29) is 21.7 Å². The Morgan fingerprint density at radius 3 is 2.50 bits per heavy atom. The molecule has 0 radical (unpaired) electrons. The number of halogens is 3. The summed E-state index contributed by atoms with van der Waals surface area (Å²) in [7, 11) is -2.48. The summed E-state index contributed by atoms with van der Waals surface area (Å²) >= 11 is 0. The molecule has 0 bridgehead atoms. The predicted molar refractivity (Wildman–Crippen MR) is 97.4 cm³/mol. The normalized spacial score (nSPS) is 12.1. The third kappa shape index (κ3) is 3.97. The number of carbonyl (C=O) groups is 1. The molecule has 0 aliphatic heterocycles. The van der Waals surface area contributed by atoms with Gasteiger partial charge in [-0.3, -0.25) is 9.78 Å². The molecule has 1 heterocycles. The van der Waals surface area contributed by atoms with Crippen molar-refractivity contribution in [2.24, 2.45) is 0 Å². The van der Waals surface area contributed by atoms with Crippen molar-refractivity contribution in [1.82, 2.24) is 9.71 Å². The number of hydrogen-bond acceptors (Lipinski definition) is 4. The monoisotopic (exact) mass is 409 g/mol. The molecule has 0 fully saturated rings. The molecule has 6 nitrogen and oxygen atoms in total. The van der Waals surface area contributed by atoms with Crippen LogP contribution in [0.25, 0.3) is 10.9 Å². The summed E-state index contributed by atoms with van der Waals surface area (Å²) in [6.07, 6.45) is -3.23. The Hall–Kier alpha value is -2.98. The van der Waals surface area contributed by atoms with Gasteiger partial charge in [-0.05, 0) is 43.4 Å². The number of aromatic nitrogens is 1. The van der Waals surface area contributed by atoms with E-state index in [0.717, 1.165) is 12.1 Å². The van der Waals surface area contributed by atoms with Crippen LogP contribution in [0, 0.1) is 0 Å². The van der Waals surface area contributed by atoms with E-state index in [1.54, 1.807) is 0 Å². The standard InChI is InChI=1S/C18H14F3N3O3S/c1-22-28(26,27)13-4-2-3-11(9-13)17(25)24-15-7-8-23-16-10-12(18(19,20)21)5-6-14(15)16/h2-10,22H,1H3,(H,23,24,25). The van der Waals surface area contributed by atoms with Gasteiger partial charge in [-0.25, -0.2) is 13.1 Å². The van der Waals surface area contributed by atoms with Crippen LogP contribution in [-0.2, 0) is 16.2 Å². The number of anilines is 1. The molecule has 3 aromatic rings. The third-order valence-corrected chi connectivity index (χ3v) is 5.41. The van der Waals surface area contributed by atoms with Gasteiger partial charge in [0.2, 0.25) is 10.0 Å². The minimum absolute atomic E-state index is 0.0686. The van der Waals surface area contributed by atoms with Crippen LogP contribution in [-0.4, -0.2) is 26.4 Å². The number of alkyl halides is 3.